The maximum absolute atomic E-state index is 13.6. The number of benzene rings is 2. The number of aryl methyl sites for hydroxylation is 1. The molecule has 0 heterocycles. The number of hydrogen-bond acceptors (Lipinski definition) is 2. The Bertz CT molecular complexity index is 614. The standard InChI is InChI=1S/C17H19F2NO/c1-3-8-21-17-9-12(2)4-7-16(17)20-11-13-10-14(18)5-6-15(13)19/h4-7,9-10,20H,3,8,11H2,1-2H3. The predicted octanol–water partition coefficient (Wildman–Crippen LogP) is 4.67. The molecule has 0 aromatic heterocycles. The van der Waals surface area contributed by atoms with Gasteiger partial charge in [0.25, 0.3) is 0 Å². The van der Waals surface area contributed by atoms with Gasteiger partial charge in [-0.3, -0.25) is 0 Å². The fourth-order valence-electron chi connectivity index (χ4n) is 1.98. The van der Waals surface area contributed by atoms with Gasteiger partial charge in [-0.25, -0.2) is 8.78 Å². The molecule has 0 unspecified atom stereocenters. The average Bonchev–Trinajstić information content (AvgIpc) is 2.47. The summed E-state index contributed by atoms with van der Waals surface area (Å²) in [4.78, 5) is 0. The molecule has 0 saturated carbocycles. The van der Waals surface area contributed by atoms with Crippen LogP contribution in [0.4, 0.5) is 14.5 Å². The smallest absolute Gasteiger partial charge is 0.142 e. The van der Waals surface area contributed by atoms with E-state index in [2.05, 4.69) is 5.32 Å². The van der Waals surface area contributed by atoms with Crippen LogP contribution < -0.4 is 10.1 Å². The molecule has 0 aliphatic carbocycles. The molecule has 2 aromatic rings. The molecule has 1 N–H and O–H groups in total. The minimum atomic E-state index is -0.445. The van der Waals surface area contributed by atoms with Gasteiger partial charge < -0.3 is 10.1 Å². The summed E-state index contributed by atoms with van der Waals surface area (Å²) in [6, 6.07) is 9.21. The summed E-state index contributed by atoms with van der Waals surface area (Å²) in [6.45, 7) is 4.83. The van der Waals surface area contributed by atoms with E-state index in [4.69, 9.17) is 4.74 Å². The first kappa shape index (κ1) is 15.3. The number of rotatable bonds is 6. The van der Waals surface area contributed by atoms with Crippen LogP contribution in [0.15, 0.2) is 36.4 Å². The van der Waals surface area contributed by atoms with Gasteiger partial charge in [-0.15, -0.1) is 0 Å². The summed E-state index contributed by atoms with van der Waals surface area (Å²) in [5, 5.41) is 3.10. The summed E-state index contributed by atoms with van der Waals surface area (Å²) in [5.74, 6) is -0.139. The Balaban J connectivity index is 2.13. The monoisotopic (exact) mass is 291 g/mol. The second kappa shape index (κ2) is 7.07. The minimum absolute atomic E-state index is 0.204. The lowest BCUT2D eigenvalue weighted by atomic mass is 10.1. The van der Waals surface area contributed by atoms with Gasteiger partial charge in [-0.05, 0) is 49.2 Å². The van der Waals surface area contributed by atoms with Crippen LogP contribution in [0.2, 0.25) is 0 Å². The van der Waals surface area contributed by atoms with Crippen LogP contribution >= 0.6 is 0 Å². The predicted molar refractivity (Wildman–Crippen MR) is 80.6 cm³/mol. The highest BCUT2D eigenvalue weighted by Gasteiger charge is 2.07. The topological polar surface area (TPSA) is 21.3 Å². The molecule has 4 heteroatoms. The fourth-order valence-corrected chi connectivity index (χ4v) is 1.98. The zero-order valence-electron chi connectivity index (χ0n) is 12.2. The first-order valence-corrected chi connectivity index (χ1v) is 7.01. The number of halogens is 2. The highest BCUT2D eigenvalue weighted by atomic mass is 19.1. The summed E-state index contributed by atoms with van der Waals surface area (Å²) in [6.07, 6.45) is 0.909. The Kier molecular flexibility index (Phi) is 5.14. The van der Waals surface area contributed by atoms with Crippen molar-refractivity contribution < 1.29 is 13.5 Å². The van der Waals surface area contributed by atoms with Gasteiger partial charge in [0.05, 0.1) is 12.3 Å². The van der Waals surface area contributed by atoms with Crippen LogP contribution in [0, 0.1) is 18.6 Å². The lowest BCUT2D eigenvalue weighted by molar-refractivity contribution is 0.318. The van der Waals surface area contributed by atoms with E-state index in [0.717, 1.165) is 35.6 Å². The summed E-state index contributed by atoms with van der Waals surface area (Å²) in [5.41, 5.74) is 2.15. The van der Waals surface area contributed by atoms with E-state index >= 15 is 0 Å². The van der Waals surface area contributed by atoms with Crippen LogP contribution in [0.3, 0.4) is 0 Å². The van der Waals surface area contributed by atoms with E-state index in [1.54, 1.807) is 0 Å². The van der Waals surface area contributed by atoms with Crippen LogP contribution in [0.5, 0.6) is 5.75 Å². The molecular formula is C17H19F2NO. The molecule has 0 aliphatic heterocycles. The zero-order chi connectivity index (χ0) is 15.2. The molecule has 0 aliphatic rings. The second-order valence-corrected chi connectivity index (χ2v) is 4.94. The van der Waals surface area contributed by atoms with Crippen molar-refractivity contribution in [2.24, 2.45) is 0 Å². The molecule has 21 heavy (non-hydrogen) atoms. The van der Waals surface area contributed by atoms with Crippen molar-refractivity contribution in [1.82, 2.24) is 0 Å². The van der Waals surface area contributed by atoms with E-state index in [0.29, 0.717) is 6.61 Å². The van der Waals surface area contributed by atoms with Gasteiger partial charge in [0, 0.05) is 12.1 Å². The maximum Gasteiger partial charge on any atom is 0.142 e. The van der Waals surface area contributed by atoms with Crippen LogP contribution in [0.1, 0.15) is 24.5 Å². The lowest BCUT2D eigenvalue weighted by Crippen LogP contribution is -2.05. The molecule has 0 radical (unpaired) electrons. The van der Waals surface area contributed by atoms with Crippen molar-refractivity contribution in [2.75, 3.05) is 11.9 Å². The molecule has 0 spiro atoms. The molecule has 2 aromatic carbocycles. The second-order valence-electron chi connectivity index (χ2n) is 4.94. The minimum Gasteiger partial charge on any atom is -0.491 e. The van der Waals surface area contributed by atoms with Crippen molar-refractivity contribution in [2.45, 2.75) is 26.8 Å². The third-order valence-electron chi connectivity index (χ3n) is 3.08. The Hall–Kier alpha value is -2.10. The van der Waals surface area contributed by atoms with Gasteiger partial charge >= 0.3 is 0 Å². The molecule has 0 saturated heterocycles. The zero-order valence-corrected chi connectivity index (χ0v) is 12.2. The first-order valence-electron chi connectivity index (χ1n) is 7.01. The molecule has 0 atom stereocenters. The molecular weight excluding hydrogens is 272 g/mol. The van der Waals surface area contributed by atoms with E-state index in [1.165, 1.54) is 6.07 Å². The highest BCUT2D eigenvalue weighted by molar-refractivity contribution is 5.57. The number of nitrogens with one attached hydrogen (secondary N) is 1. The quantitative estimate of drug-likeness (QED) is 0.834. The molecule has 2 rings (SSSR count). The van der Waals surface area contributed by atoms with E-state index in [9.17, 15) is 8.78 Å². The Morgan fingerprint density at radius 3 is 2.67 bits per heavy atom. The lowest BCUT2D eigenvalue weighted by Gasteiger charge is -2.14. The van der Waals surface area contributed by atoms with Gasteiger partial charge in [0.15, 0.2) is 0 Å². The molecule has 0 fully saturated rings. The van der Waals surface area contributed by atoms with Crippen molar-refractivity contribution in [3.05, 3.63) is 59.2 Å². The summed E-state index contributed by atoms with van der Waals surface area (Å²) >= 11 is 0. The summed E-state index contributed by atoms with van der Waals surface area (Å²) in [7, 11) is 0. The third kappa shape index (κ3) is 4.18. The number of anilines is 1. The highest BCUT2D eigenvalue weighted by Crippen LogP contribution is 2.26. The van der Waals surface area contributed by atoms with Gasteiger partial charge in [0.1, 0.15) is 17.4 Å². The summed E-state index contributed by atoms with van der Waals surface area (Å²) < 4.78 is 32.4. The molecule has 0 bridgehead atoms. The van der Waals surface area contributed by atoms with Gasteiger partial charge in [0.2, 0.25) is 0 Å². The van der Waals surface area contributed by atoms with Crippen molar-refractivity contribution in [3.8, 4) is 5.75 Å². The average molecular weight is 291 g/mol. The normalized spacial score (nSPS) is 10.5. The van der Waals surface area contributed by atoms with Gasteiger partial charge in [-0.2, -0.15) is 0 Å². The Morgan fingerprint density at radius 1 is 1.10 bits per heavy atom. The number of hydrogen-bond donors (Lipinski definition) is 1. The van der Waals surface area contributed by atoms with Crippen molar-refractivity contribution in [1.29, 1.82) is 0 Å². The SMILES string of the molecule is CCCOc1cc(C)ccc1NCc1cc(F)ccc1F. The van der Waals surface area contributed by atoms with Crippen LogP contribution in [-0.4, -0.2) is 6.61 Å². The van der Waals surface area contributed by atoms with Gasteiger partial charge in [-0.1, -0.05) is 13.0 Å². The van der Waals surface area contributed by atoms with E-state index < -0.39 is 11.6 Å². The molecule has 112 valence electrons. The Morgan fingerprint density at radius 2 is 1.90 bits per heavy atom. The van der Waals surface area contributed by atoms with E-state index in [-0.39, 0.29) is 12.1 Å². The van der Waals surface area contributed by atoms with Crippen LogP contribution in [-0.2, 0) is 6.54 Å². The van der Waals surface area contributed by atoms with Crippen molar-refractivity contribution in [3.63, 3.8) is 0 Å². The fraction of sp³-hybridized carbons (Fsp3) is 0.294. The largest absolute Gasteiger partial charge is 0.491 e. The van der Waals surface area contributed by atoms with Crippen LogP contribution in [0.25, 0.3) is 0 Å². The maximum atomic E-state index is 13.6. The Labute approximate surface area is 123 Å². The first-order chi connectivity index (χ1) is 10.1. The third-order valence-corrected chi connectivity index (χ3v) is 3.08. The van der Waals surface area contributed by atoms with E-state index in [1.807, 2.05) is 32.0 Å². The molecule has 0 amide bonds. The molecule has 2 nitrogen and oxygen atoms in total. The number of ether oxygens (including phenoxy) is 1. The van der Waals surface area contributed by atoms with Crippen molar-refractivity contribution >= 4 is 5.69 Å².